The molecule has 66 valence electrons. The first kappa shape index (κ1) is 8.37. The second-order valence-electron chi connectivity index (χ2n) is 1.92. The lowest BCUT2D eigenvalue weighted by Gasteiger charge is -2.27. The maximum Gasteiger partial charge on any atom is 0.342 e. The van der Waals surface area contributed by atoms with Crippen molar-refractivity contribution in [1.29, 1.82) is 0 Å². The largest absolute Gasteiger partial charge is 0.410 e. The van der Waals surface area contributed by atoms with Crippen molar-refractivity contribution < 1.29 is 24.4 Å². The molecule has 0 aromatic heterocycles. The minimum absolute atomic E-state index is 0.731. The van der Waals surface area contributed by atoms with Crippen LogP contribution >= 0.6 is 0 Å². The maximum absolute atomic E-state index is 12.5. The molecule has 3 N–H and O–H groups in total. The zero-order valence-electron chi connectivity index (χ0n) is 5.44. The van der Waals surface area contributed by atoms with Gasteiger partial charge in [-0.2, -0.15) is 8.78 Å². The summed E-state index contributed by atoms with van der Waals surface area (Å²) < 4.78 is 25.1. The minimum Gasteiger partial charge on any atom is -0.410 e. The highest BCUT2D eigenvalue weighted by Crippen LogP contribution is 2.30. The molecule has 0 atom stereocenters. The Balaban J connectivity index is 3.14. The van der Waals surface area contributed by atoms with Gasteiger partial charge in [0.25, 0.3) is 0 Å². The van der Waals surface area contributed by atoms with Gasteiger partial charge in [0.05, 0.1) is 0 Å². The number of hydrogen-bond acceptors (Lipinski definition) is 6. The van der Waals surface area contributed by atoms with Gasteiger partial charge in [-0.05, 0) is 0 Å². The normalized spacial score (nSPS) is 27.3. The molecule has 1 fully saturated rings. The van der Waals surface area contributed by atoms with Crippen molar-refractivity contribution in [3.8, 4) is 0 Å². The van der Waals surface area contributed by atoms with Crippen molar-refractivity contribution in [2.45, 2.75) is 5.92 Å². The van der Waals surface area contributed by atoms with Crippen molar-refractivity contribution in [3.63, 3.8) is 0 Å². The molecule has 8 heteroatoms. The predicted molar refractivity (Wildman–Crippen MR) is 32.6 cm³/mol. The molecule has 0 heterocycles. The first-order valence-electron chi connectivity index (χ1n) is 2.65. The summed E-state index contributed by atoms with van der Waals surface area (Å²) in [6.07, 6.45) is 0. The van der Waals surface area contributed by atoms with Crippen LogP contribution < -0.4 is 0 Å². The van der Waals surface area contributed by atoms with Gasteiger partial charge in [-0.3, -0.25) is 0 Å². The van der Waals surface area contributed by atoms with Gasteiger partial charge < -0.3 is 15.6 Å². The van der Waals surface area contributed by atoms with Crippen molar-refractivity contribution >= 4 is 17.1 Å². The Morgan fingerprint density at radius 3 is 1.58 bits per heavy atom. The summed E-state index contributed by atoms with van der Waals surface area (Å²) in [5.74, 6) is -3.66. The lowest BCUT2D eigenvalue weighted by Crippen LogP contribution is -2.60. The van der Waals surface area contributed by atoms with Gasteiger partial charge >= 0.3 is 5.92 Å². The van der Waals surface area contributed by atoms with Gasteiger partial charge in [0, 0.05) is 0 Å². The van der Waals surface area contributed by atoms with E-state index in [4.69, 9.17) is 15.6 Å². The van der Waals surface area contributed by atoms with Crippen LogP contribution in [0.3, 0.4) is 0 Å². The molecular formula is C4H3F2N3O3. The predicted octanol–water partition coefficient (Wildman–Crippen LogP) is 0.126. The molecule has 0 amide bonds. The summed E-state index contributed by atoms with van der Waals surface area (Å²) in [4.78, 5) is 0. The second kappa shape index (κ2) is 2.40. The summed E-state index contributed by atoms with van der Waals surface area (Å²) >= 11 is 0. The Kier molecular flexibility index (Phi) is 1.67. The second-order valence-corrected chi connectivity index (χ2v) is 1.92. The van der Waals surface area contributed by atoms with Crippen LogP contribution in [0.4, 0.5) is 8.78 Å². The third kappa shape index (κ3) is 0.742. The van der Waals surface area contributed by atoms with Crippen LogP contribution in [-0.4, -0.2) is 38.7 Å². The smallest absolute Gasteiger partial charge is 0.342 e. The van der Waals surface area contributed by atoms with E-state index in [9.17, 15) is 8.78 Å². The zero-order chi connectivity index (χ0) is 9.35. The van der Waals surface area contributed by atoms with Crippen LogP contribution in [0.15, 0.2) is 15.5 Å². The first-order valence-corrected chi connectivity index (χ1v) is 2.65. The molecule has 0 aliphatic heterocycles. The van der Waals surface area contributed by atoms with Crippen LogP contribution in [0.25, 0.3) is 0 Å². The molecule has 1 aliphatic carbocycles. The Hall–Kier alpha value is -1.73. The van der Waals surface area contributed by atoms with E-state index in [2.05, 4.69) is 15.5 Å². The van der Waals surface area contributed by atoms with Crippen LogP contribution in [-0.2, 0) is 0 Å². The summed E-state index contributed by atoms with van der Waals surface area (Å²) in [5.41, 5.74) is -2.99. The summed E-state index contributed by atoms with van der Waals surface area (Å²) in [6.45, 7) is 0. The number of oxime groups is 3. The molecule has 1 aliphatic rings. The average molecular weight is 179 g/mol. The Bertz CT molecular complexity index is 272. The van der Waals surface area contributed by atoms with E-state index in [0.717, 1.165) is 0 Å². The van der Waals surface area contributed by atoms with Crippen molar-refractivity contribution in [2.75, 3.05) is 0 Å². The first-order chi connectivity index (χ1) is 5.59. The molecule has 12 heavy (non-hydrogen) atoms. The number of hydrogen-bond donors (Lipinski definition) is 3. The molecule has 0 aromatic carbocycles. The van der Waals surface area contributed by atoms with Gasteiger partial charge in [-0.15, -0.1) is 0 Å². The van der Waals surface area contributed by atoms with Gasteiger partial charge in [-0.1, -0.05) is 15.5 Å². The van der Waals surface area contributed by atoms with Crippen LogP contribution in [0, 0.1) is 0 Å². The minimum atomic E-state index is -3.66. The van der Waals surface area contributed by atoms with E-state index >= 15 is 0 Å². The van der Waals surface area contributed by atoms with Crippen molar-refractivity contribution in [2.24, 2.45) is 15.5 Å². The van der Waals surface area contributed by atoms with Crippen LogP contribution in [0.5, 0.6) is 0 Å². The topological polar surface area (TPSA) is 97.8 Å². The fourth-order valence-electron chi connectivity index (χ4n) is 0.774. The molecule has 0 spiro atoms. The number of nitrogens with zero attached hydrogens (tertiary/aromatic N) is 3. The third-order valence-corrected chi connectivity index (χ3v) is 1.34. The van der Waals surface area contributed by atoms with E-state index in [1.807, 2.05) is 0 Å². The van der Waals surface area contributed by atoms with E-state index < -0.39 is 23.1 Å². The standard InChI is InChI=1S/C4H3F2N3O3/c5-4(6)2(8-11)1(7-10)3(4)9-12/h10-12H. The lowest BCUT2D eigenvalue weighted by atomic mass is 9.86. The summed E-state index contributed by atoms with van der Waals surface area (Å²) in [5, 5.41) is 30.8. The molecule has 0 saturated heterocycles. The molecular weight excluding hydrogens is 176 g/mol. The molecule has 1 rings (SSSR count). The summed E-state index contributed by atoms with van der Waals surface area (Å²) in [7, 11) is 0. The molecule has 0 radical (unpaired) electrons. The monoisotopic (exact) mass is 179 g/mol. The maximum atomic E-state index is 12.5. The molecule has 0 unspecified atom stereocenters. The highest BCUT2D eigenvalue weighted by Gasteiger charge is 2.60. The lowest BCUT2D eigenvalue weighted by molar-refractivity contribution is 0.141. The molecule has 0 aromatic rings. The van der Waals surface area contributed by atoms with Gasteiger partial charge in [0.15, 0.2) is 17.1 Å². The van der Waals surface area contributed by atoms with E-state index in [-0.39, 0.29) is 0 Å². The van der Waals surface area contributed by atoms with Gasteiger partial charge in [0.1, 0.15) is 0 Å². The molecule has 6 nitrogen and oxygen atoms in total. The van der Waals surface area contributed by atoms with Gasteiger partial charge in [-0.25, -0.2) is 0 Å². The highest BCUT2D eigenvalue weighted by molar-refractivity contribution is 6.83. The Morgan fingerprint density at radius 2 is 1.33 bits per heavy atom. The van der Waals surface area contributed by atoms with Crippen LogP contribution in [0.2, 0.25) is 0 Å². The van der Waals surface area contributed by atoms with E-state index in [1.54, 1.807) is 0 Å². The number of halogens is 2. The average Bonchev–Trinajstić information content (AvgIpc) is 2.01. The van der Waals surface area contributed by atoms with E-state index in [0.29, 0.717) is 0 Å². The Labute approximate surface area is 64.1 Å². The third-order valence-electron chi connectivity index (χ3n) is 1.34. The summed E-state index contributed by atoms with van der Waals surface area (Å²) in [6, 6.07) is 0. The Morgan fingerprint density at radius 1 is 0.917 bits per heavy atom. The quantitative estimate of drug-likeness (QED) is 0.364. The van der Waals surface area contributed by atoms with Gasteiger partial charge in [0.2, 0.25) is 0 Å². The highest BCUT2D eigenvalue weighted by atomic mass is 19.3. The fourth-order valence-corrected chi connectivity index (χ4v) is 0.774. The van der Waals surface area contributed by atoms with E-state index in [1.165, 1.54) is 0 Å². The fraction of sp³-hybridized carbons (Fsp3) is 0.250. The number of alkyl halides is 2. The molecule has 1 saturated carbocycles. The van der Waals surface area contributed by atoms with Crippen molar-refractivity contribution in [1.82, 2.24) is 0 Å². The zero-order valence-corrected chi connectivity index (χ0v) is 5.44. The van der Waals surface area contributed by atoms with Crippen LogP contribution in [0.1, 0.15) is 0 Å². The number of rotatable bonds is 0. The SMILES string of the molecule is ON=C1C(=NO)C(F)(F)C1=NO. The molecule has 0 bridgehead atoms. The van der Waals surface area contributed by atoms with Crippen molar-refractivity contribution in [3.05, 3.63) is 0 Å².